The van der Waals surface area contributed by atoms with E-state index in [0.29, 0.717) is 43.6 Å². The number of anilines is 1. The predicted molar refractivity (Wildman–Crippen MR) is 121 cm³/mol. The van der Waals surface area contributed by atoms with E-state index in [1.807, 2.05) is 4.90 Å². The van der Waals surface area contributed by atoms with Crippen LogP contribution >= 0.6 is 0 Å². The van der Waals surface area contributed by atoms with Gasteiger partial charge < -0.3 is 10.2 Å². The van der Waals surface area contributed by atoms with Gasteiger partial charge in [-0.2, -0.15) is 0 Å². The van der Waals surface area contributed by atoms with Gasteiger partial charge >= 0.3 is 0 Å². The minimum Gasteiger partial charge on any atom is -0.366 e. The fourth-order valence-corrected chi connectivity index (χ4v) is 6.00. The number of benzene rings is 1. The molecule has 176 valence electrons. The van der Waals surface area contributed by atoms with Gasteiger partial charge in [0.2, 0.25) is 15.9 Å². The number of nitro groups is 1. The average Bonchev–Trinajstić information content (AvgIpc) is 3.59. The number of sulfonamides is 1. The van der Waals surface area contributed by atoms with Gasteiger partial charge in [-0.3, -0.25) is 14.9 Å². The molecule has 1 saturated heterocycles. The maximum Gasteiger partial charge on any atom is 0.293 e. The van der Waals surface area contributed by atoms with Gasteiger partial charge in [0.25, 0.3) is 5.69 Å². The summed E-state index contributed by atoms with van der Waals surface area (Å²) in [5.74, 6) is 0.597. The van der Waals surface area contributed by atoms with Gasteiger partial charge in [-0.1, -0.05) is 6.92 Å². The highest BCUT2D eigenvalue weighted by Crippen LogP contribution is 2.34. The van der Waals surface area contributed by atoms with Gasteiger partial charge in [0, 0.05) is 37.2 Å². The molecular formula is C22H32N4O5S. The molecule has 0 aromatic heterocycles. The largest absolute Gasteiger partial charge is 0.366 e. The summed E-state index contributed by atoms with van der Waals surface area (Å²) in [5, 5.41) is 14.8. The zero-order valence-electron chi connectivity index (χ0n) is 18.5. The van der Waals surface area contributed by atoms with Crippen LogP contribution in [0.3, 0.4) is 0 Å². The number of rotatable bonds is 7. The quantitative estimate of drug-likeness (QED) is 0.473. The zero-order chi connectivity index (χ0) is 22.9. The van der Waals surface area contributed by atoms with E-state index in [0.717, 1.165) is 44.6 Å². The Bertz CT molecular complexity index is 963. The molecule has 1 heterocycles. The number of hydrogen-bond acceptors (Lipinski definition) is 6. The molecule has 9 nitrogen and oxygen atoms in total. The third-order valence-electron chi connectivity index (χ3n) is 6.92. The number of piperidine rings is 1. The van der Waals surface area contributed by atoms with Crippen LogP contribution in [0.4, 0.5) is 11.4 Å². The van der Waals surface area contributed by atoms with Crippen LogP contribution in [0.15, 0.2) is 23.1 Å². The topological polar surface area (TPSA) is 122 Å². The third kappa shape index (κ3) is 5.40. The van der Waals surface area contributed by atoms with Crippen molar-refractivity contribution in [3.8, 4) is 0 Å². The maximum absolute atomic E-state index is 12.9. The van der Waals surface area contributed by atoms with Crippen molar-refractivity contribution in [3.05, 3.63) is 28.3 Å². The molecule has 4 rings (SSSR count). The molecule has 0 unspecified atom stereocenters. The molecule has 0 radical (unpaired) electrons. The second-order valence-electron chi connectivity index (χ2n) is 9.53. The lowest BCUT2D eigenvalue weighted by atomic mass is 9.88. The smallest absolute Gasteiger partial charge is 0.293 e. The Kier molecular flexibility index (Phi) is 6.71. The summed E-state index contributed by atoms with van der Waals surface area (Å²) in [7, 11) is -3.83. The summed E-state index contributed by atoms with van der Waals surface area (Å²) >= 11 is 0. The van der Waals surface area contributed by atoms with E-state index in [-0.39, 0.29) is 28.4 Å². The predicted octanol–water partition coefficient (Wildman–Crippen LogP) is 2.95. The first kappa shape index (κ1) is 23.0. The minimum atomic E-state index is -3.83. The maximum atomic E-state index is 12.9. The summed E-state index contributed by atoms with van der Waals surface area (Å²) < 4.78 is 28.5. The Balaban J connectivity index is 1.45. The highest BCUT2D eigenvalue weighted by molar-refractivity contribution is 7.89. The minimum absolute atomic E-state index is 0.0753. The lowest BCUT2D eigenvalue weighted by Crippen LogP contribution is -2.41. The van der Waals surface area contributed by atoms with Gasteiger partial charge in [0.1, 0.15) is 5.69 Å². The van der Waals surface area contributed by atoms with Crippen LogP contribution in [0.25, 0.3) is 0 Å². The fourth-order valence-electron chi connectivity index (χ4n) is 4.68. The Morgan fingerprint density at radius 2 is 1.66 bits per heavy atom. The van der Waals surface area contributed by atoms with Crippen LogP contribution < -0.4 is 14.9 Å². The van der Waals surface area contributed by atoms with Crippen molar-refractivity contribution in [1.82, 2.24) is 10.0 Å². The van der Waals surface area contributed by atoms with Crippen molar-refractivity contribution in [2.75, 3.05) is 18.0 Å². The number of nitrogens with zero attached hydrogens (tertiary/aromatic N) is 2. The van der Waals surface area contributed by atoms with Gasteiger partial charge in [-0.25, -0.2) is 13.1 Å². The molecular weight excluding hydrogens is 432 g/mol. The Morgan fingerprint density at radius 3 is 2.25 bits per heavy atom. The molecule has 3 aliphatic rings. The van der Waals surface area contributed by atoms with Crippen molar-refractivity contribution < 1.29 is 18.1 Å². The first-order chi connectivity index (χ1) is 15.2. The number of amides is 1. The molecule has 1 amide bonds. The Morgan fingerprint density at radius 1 is 1.03 bits per heavy atom. The van der Waals surface area contributed by atoms with Crippen LogP contribution in [-0.2, 0) is 14.8 Å². The standard InChI is InChI=1S/C22H32N4O5S/c1-15-2-4-18(5-3-15)24-32(30,31)19-8-9-20(21(14-19)26(28)29)25-12-10-16(11-13-25)22(27)23-17-6-7-17/h8-9,14-18,24H,2-7,10-13H2,1H3,(H,23,27). The van der Waals surface area contributed by atoms with Crippen LogP contribution in [0.5, 0.6) is 0 Å². The highest BCUT2D eigenvalue weighted by Gasteiger charge is 2.32. The molecule has 10 heteroatoms. The van der Waals surface area contributed by atoms with Crippen molar-refractivity contribution >= 4 is 27.3 Å². The monoisotopic (exact) mass is 464 g/mol. The van der Waals surface area contributed by atoms with E-state index in [2.05, 4.69) is 17.0 Å². The van der Waals surface area contributed by atoms with Crippen LogP contribution in [0.2, 0.25) is 0 Å². The van der Waals surface area contributed by atoms with Gasteiger partial charge in [0.15, 0.2) is 0 Å². The first-order valence-electron chi connectivity index (χ1n) is 11.6. The summed E-state index contributed by atoms with van der Waals surface area (Å²) in [5.41, 5.74) is 0.188. The van der Waals surface area contributed by atoms with Crippen molar-refractivity contribution in [3.63, 3.8) is 0 Å². The highest BCUT2D eigenvalue weighted by atomic mass is 32.2. The van der Waals surface area contributed by atoms with Gasteiger partial charge in [0.05, 0.1) is 9.82 Å². The van der Waals surface area contributed by atoms with Crippen molar-refractivity contribution in [1.29, 1.82) is 0 Å². The molecule has 0 spiro atoms. The number of hydrogen-bond donors (Lipinski definition) is 2. The van der Waals surface area contributed by atoms with Crippen molar-refractivity contribution in [2.45, 2.75) is 75.3 Å². The number of carbonyl (C=O) groups excluding carboxylic acids is 1. The van der Waals surface area contributed by atoms with Gasteiger partial charge in [-0.05, 0) is 69.4 Å². The van der Waals surface area contributed by atoms with Crippen LogP contribution in [0, 0.1) is 22.0 Å². The zero-order valence-corrected chi connectivity index (χ0v) is 19.3. The van der Waals surface area contributed by atoms with E-state index < -0.39 is 14.9 Å². The van der Waals surface area contributed by atoms with Crippen molar-refractivity contribution in [2.24, 2.45) is 11.8 Å². The molecule has 0 atom stereocenters. The summed E-state index contributed by atoms with van der Waals surface area (Å²) in [6.07, 6.45) is 6.84. The van der Waals surface area contributed by atoms with E-state index >= 15 is 0 Å². The number of nitrogens with one attached hydrogen (secondary N) is 2. The molecule has 2 aliphatic carbocycles. The first-order valence-corrected chi connectivity index (χ1v) is 13.1. The lowest BCUT2D eigenvalue weighted by Gasteiger charge is -2.32. The summed E-state index contributed by atoms with van der Waals surface area (Å²) in [4.78, 5) is 25.3. The molecule has 2 saturated carbocycles. The number of nitro benzene ring substituents is 1. The molecule has 32 heavy (non-hydrogen) atoms. The second kappa shape index (κ2) is 9.35. The molecule has 3 fully saturated rings. The third-order valence-corrected chi connectivity index (χ3v) is 8.44. The van der Waals surface area contributed by atoms with E-state index in [1.54, 1.807) is 0 Å². The average molecular weight is 465 g/mol. The van der Waals surface area contributed by atoms with Crippen LogP contribution in [0.1, 0.15) is 58.3 Å². The summed E-state index contributed by atoms with van der Waals surface area (Å²) in [6.45, 7) is 3.21. The molecule has 1 aromatic rings. The Hall–Kier alpha value is -2.20. The molecule has 2 N–H and O–H groups in total. The van der Waals surface area contributed by atoms with E-state index in [9.17, 15) is 23.3 Å². The molecule has 0 bridgehead atoms. The van der Waals surface area contributed by atoms with E-state index in [4.69, 9.17) is 0 Å². The molecule has 1 aromatic carbocycles. The summed E-state index contributed by atoms with van der Waals surface area (Å²) in [6, 6.07) is 4.33. The van der Waals surface area contributed by atoms with Gasteiger partial charge in [-0.15, -0.1) is 0 Å². The fraction of sp³-hybridized carbons (Fsp3) is 0.682. The second-order valence-corrected chi connectivity index (χ2v) is 11.2. The van der Waals surface area contributed by atoms with E-state index in [1.165, 1.54) is 12.1 Å². The van der Waals surface area contributed by atoms with Crippen LogP contribution in [-0.4, -0.2) is 44.4 Å². The molecule has 1 aliphatic heterocycles. The number of carbonyl (C=O) groups is 1. The normalized spacial score (nSPS) is 24.8. The lowest BCUT2D eigenvalue weighted by molar-refractivity contribution is -0.384. The Labute approximate surface area is 189 Å². The SMILES string of the molecule is CC1CCC(NS(=O)(=O)c2ccc(N3CCC(C(=O)NC4CC4)CC3)c([N+](=O)[O-])c2)CC1.